The van der Waals surface area contributed by atoms with Crippen molar-refractivity contribution < 1.29 is 0 Å². The molecule has 3 nitrogen and oxygen atoms in total. The van der Waals surface area contributed by atoms with Gasteiger partial charge in [-0.2, -0.15) is 0 Å². The Hall–Kier alpha value is -0.120. The van der Waals surface area contributed by atoms with Crippen LogP contribution in [0.1, 0.15) is 67.2 Å². The summed E-state index contributed by atoms with van der Waals surface area (Å²) in [6, 6.07) is 0. The molecule has 3 heteroatoms. The van der Waals surface area contributed by atoms with Crippen molar-refractivity contribution in [1.29, 1.82) is 0 Å². The maximum absolute atomic E-state index is 2.77. The van der Waals surface area contributed by atoms with Crippen LogP contribution in [-0.4, -0.2) is 71.6 Å². The summed E-state index contributed by atoms with van der Waals surface area (Å²) in [4.78, 5) is 8.17. The molecule has 3 aliphatic rings. The lowest BCUT2D eigenvalue weighted by Gasteiger charge is -2.57. The lowest BCUT2D eigenvalue weighted by molar-refractivity contribution is -0.0831. The Kier molecular flexibility index (Phi) is 5.10. The average molecular weight is 336 g/mol. The molecule has 3 aliphatic heterocycles. The highest BCUT2D eigenvalue weighted by Gasteiger charge is 2.47. The van der Waals surface area contributed by atoms with E-state index in [1.807, 2.05) is 0 Å². The summed E-state index contributed by atoms with van der Waals surface area (Å²) in [6.45, 7) is 23.5. The molecule has 0 aromatic heterocycles. The second-order valence-corrected chi connectivity index (χ2v) is 11.0. The molecule has 0 unspecified atom stereocenters. The van der Waals surface area contributed by atoms with Crippen LogP contribution in [0.5, 0.6) is 0 Å². The molecule has 1 spiro atoms. The van der Waals surface area contributed by atoms with Crippen LogP contribution in [0.2, 0.25) is 0 Å². The molecule has 0 aromatic rings. The molecule has 0 aliphatic carbocycles. The standard InChI is InChI=1S/C21H41N3/c1-19(2,3)23-12-8-18(9-13-23)14-22-15-21(16-22)10-7-11-24(17-21)20(4,5)6/h18H,7-17H2,1-6H3. The fourth-order valence-electron chi connectivity index (χ4n) is 5.22. The molecule has 3 rings (SSSR count). The van der Waals surface area contributed by atoms with Crippen LogP contribution in [0.15, 0.2) is 0 Å². The van der Waals surface area contributed by atoms with Gasteiger partial charge in [0.15, 0.2) is 0 Å². The highest BCUT2D eigenvalue weighted by Crippen LogP contribution is 2.41. The van der Waals surface area contributed by atoms with Gasteiger partial charge in [-0.15, -0.1) is 0 Å². The second kappa shape index (κ2) is 6.55. The van der Waals surface area contributed by atoms with E-state index in [1.165, 1.54) is 71.5 Å². The molecule has 0 N–H and O–H groups in total. The van der Waals surface area contributed by atoms with E-state index in [0.29, 0.717) is 16.5 Å². The van der Waals surface area contributed by atoms with Crippen molar-refractivity contribution >= 4 is 0 Å². The SMILES string of the molecule is CC(C)(C)N1CCC(CN2CC3(CCCN(C(C)(C)C)C3)C2)CC1. The van der Waals surface area contributed by atoms with E-state index >= 15 is 0 Å². The first-order valence-electron chi connectivity index (χ1n) is 10.3. The van der Waals surface area contributed by atoms with E-state index in [4.69, 9.17) is 0 Å². The Morgan fingerprint density at radius 3 is 1.92 bits per heavy atom. The number of nitrogens with zero attached hydrogens (tertiary/aromatic N) is 3. The van der Waals surface area contributed by atoms with Crippen molar-refractivity contribution in [1.82, 2.24) is 14.7 Å². The van der Waals surface area contributed by atoms with Crippen LogP contribution in [-0.2, 0) is 0 Å². The summed E-state index contributed by atoms with van der Waals surface area (Å²) in [7, 11) is 0. The van der Waals surface area contributed by atoms with Crippen LogP contribution in [0.25, 0.3) is 0 Å². The molecule has 0 amide bonds. The maximum atomic E-state index is 2.77. The predicted octanol–water partition coefficient (Wildman–Crippen LogP) is 3.69. The normalized spacial score (nSPS) is 28.2. The van der Waals surface area contributed by atoms with Gasteiger partial charge < -0.3 is 4.90 Å². The third-order valence-electron chi connectivity index (χ3n) is 6.81. The number of hydrogen-bond donors (Lipinski definition) is 0. The Labute approximate surface area is 150 Å². The van der Waals surface area contributed by atoms with Gasteiger partial charge in [0.25, 0.3) is 0 Å². The molecular weight excluding hydrogens is 294 g/mol. The highest BCUT2D eigenvalue weighted by atomic mass is 15.3. The van der Waals surface area contributed by atoms with Gasteiger partial charge in [0.05, 0.1) is 0 Å². The van der Waals surface area contributed by atoms with Crippen molar-refractivity contribution in [2.45, 2.75) is 78.3 Å². The lowest BCUT2D eigenvalue weighted by Crippen LogP contribution is -2.65. The number of rotatable bonds is 2. The summed E-state index contributed by atoms with van der Waals surface area (Å²) in [6.07, 6.45) is 5.65. The summed E-state index contributed by atoms with van der Waals surface area (Å²) in [5.41, 5.74) is 1.32. The molecule has 24 heavy (non-hydrogen) atoms. The first-order chi connectivity index (χ1) is 11.1. The van der Waals surface area contributed by atoms with E-state index in [1.54, 1.807) is 0 Å². The van der Waals surface area contributed by atoms with Gasteiger partial charge in [-0.25, -0.2) is 0 Å². The Morgan fingerprint density at radius 2 is 1.38 bits per heavy atom. The largest absolute Gasteiger partial charge is 0.302 e. The van der Waals surface area contributed by atoms with Crippen LogP contribution in [0.4, 0.5) is 0 Å². The first kappa shape index (κ1) is 18.7. The topological polar surface area (TPSA) is 9.72 Å². The zero-order chi connectivity index (χ0) is 17.6. The quantitative estimate of drug-likeness (QED) is 0.762. The van der Waals surface area contributed by atoms with Gasteiger partial charge >= 0.3 is 0 Å². The Bertz CT molecular complexity index is 417. The molecule has 0 bridgehead atoms. The van der Waals surface area contributed by atoms with Crippen LogP contribution >= 0.6 is 0 Å². The van der Waals surface area contributed by atoms with E-state index < -0.39 is 0 Å². The van der Waals surface area contributed by atoms with Crippen molar-refractivity contribution in [3.8, 4) is 0 Å². The van der Waals surface area contributed by atoms with Crippen LogP contribution in [0, 0.1) is 11.3 Å². The smallest absolute Gasteiger partial charge is 0.0125 e. The molecule has 0 saturated carbocycles. The molecule has 3 saturated heterocycles. The van der Waals surface area contributed by atoms with E-state index in [9.17, 15) is 0 Å². The highest BCUT2D eigenvalue weighted by molar-refractivity contribution is 5.01. The third kappa shape index (κ3) is 4.16. The molecule has 0 aromatic carbocycles. The Balaban J connectivity index is 1.43. The first-order valence-corrected chi connectivity index (χ1v) is 10.3. The van der Waals surface area contributed by atoms with Gasteiger partial charge in [-0.1, -0.05) is 0 Å². The minimum absolute atomic E-state index is 0.341. The molecule has 140 valence electrons. The number of piperidine rings is 2. The van der Waals surface area contributed by atoms with Crippen LogP contribution < -0.4 is 0 Å². The van der Waals surface area contributed by atoms with E-state index in [-0.39, 0.29) is 0 Å². The summed E-state index contributed by atoms with van der Waals surface area (Å²) >= 11 is 0. The minimum atomic E-state index is 0.341. The fraction of sp³-hybridized carbons (Fsp3) is 1.00. The van der Waals surface area contributed by atoms with Gasteiger partial charge in [-0.3, -0.25) is 9.80 Å². The zero-order valence-corrected chi connectivity index (χ0v) is 17.2. The monoisotopic (exact) mass is 335 g/mol. The van der Waals surface area contributed by atoms with Crippen molar-refractivity contribution in [3.05, 3.63) is 0 Å². The van der Waals surface area contributed by atoms with E-state index in [2.05, 4.69) is 56.2 Å². The summed E-state index contributed by atoms with van der Waals surface area (Å²) in [5.74, 6) is 0.934. The molecule has 3 fully saturated rings. The lowest BCUT2D eigenvalue weighted by atomic mass is 9.72. The number of likely N-dealkylation sites (tertiary alicyclic amines) is 3. The molecular formula is C21H41N3. The summed E-state index contributed by atoms with van der Waals surface area (Å²) < 4.78 is 0. The molecule has 0 radical (unpaired) electrons. The second-order valence-electron chi connectivity index (χ2n) is 11.0. The van der Waals surface area contributed by atoms with Gasteiger partial charge in [0, 0.05) is 42.7 Å². The summed E-state index contributed by atoms with van der Waals surface area (Å²) in [5, 5.41) is 0. The maximum Gasteiger partial charge on any atom is 0.0125 e. The molecule has 3 heterocycles. The van der Waals surface area contributed by atoms with Gasteiger partial charge in [0.2, 0.25) is 0 Å². The van der Waals surface area contributed by atoms with E-state index in [0.717, 1.165) is 5.92 Å². The van der Waals surface area contributed by atoms with Crippen LogP contribution in [0.3, 0.4) is 0 Å². The van der Waals surface area contributed by atoms with Crippen molar-refractivity contribution in [2.75, 3.05) is 45.8 Å². The minimum Gasteiger partial charge on any atom is -0.302 e. The van der Waals surface area contributed by atoms with Crippen molar-refractivity contribution in [3.63, 3.8) is 0 Å². The third-order valence-corrected chi connectivity index (χ3v) is 6.81. The Morgan fingerprint density at radius 1 is 0.792 bits per heavy atom. The number of hydrogen-bond acceptors (Lipinski definition) is 3. The zero-order valence-electron chi connectivity index (χ0n) is 17.2. The average Bonchev–Trinajstić information content (AvgIpc) is 2.45. The van der Waals surface area contributed by atoms with Crippen molar-refractivity contribution in [2.24, 2.45) is 11.3 Å². The van der Waals surface area contributed by atoms with Gasteiger partial charge in [0.1, 0.15) is 0 Å². The molecule has 0 atom stereocenters. The fourth-order valence-corrected chi connectivity index (χ4v) is 5.22. The predicted molar refractivity (Wildman–Crippen MR) is 103 cm³/mol. The van der Waals surface area contributed by atoms with Gasteiger partial charge in [-0.05, 0) is 92.8 Å².